The van der Waals surface area contributed by atoms with Crippen LogP contribution in [0.5, 0.6) is 5.75 Å². The number of hydrogen-bond donors (Lipinski definition) is 2. The molecule has 0 saturated carbocycles. The minimum Gasteiger partial charge on any atom is -0.481 e. The van der Waals surface area contributed by atoms with Crippen LogP contribution in [0.3, 0.4) is 0 Å². The van der Waals surface area contributed by atoms with Gasteiger partial charge in [-0.1, -0.05) is 24.3 Å². The standard InChI is InChI=1S/C25H31N3O/c1-3-24-25(13-6-14-26-2,18-11-15-28(24)16-12-18)29-19-9-10-21-20-7-4-5-8-22(20)27-23(21)17-19/h3-5,7-10,17-18,26-27H,6,11-16H2,1-2H3. The van der Waals surface area contributed by atoms with E-state index in [1.54, 1.807) is 0 Å². The lowest BCUT2D eigenvalue weighted by molar-refractivity contribution is -0.0584. The second-order valence-corrected chi connectivity index (χ2v) is 8.51. The van der Waals surface area contributed by atoms with Crippen LogP contribution in [-0.2, 0) is 0 Å². The highest BCUT2D eigenvalue weighted by Gasteiger charge is 2.51. The van der Waals surface area contributed by atoms with Gasteiger partial charge in [-0.25, -0.2) is 0 Å². The summed E-state index contributed by atoms with van der Waals surface area (Å²) < 4.78 is 6.97. The van der Waals surface area contributed by atoms with Crippen molar-refractivity contribution < 1.29 is 4.74 Å². The average molecular weight is 390 g/mol. The Hall–Kier alpha value is -2.46. The SMILES string of the molecule is CC=C1N2CCC(CC2)C1(CCCNC)Oc1ccc2c(c1)[nH]c1ccccc12. The summed E-state index contributed by atoms with van der Waals surface area (Å²) in [5.74, 6) is 1.57. The molecule has 1 unspecified atom stereocenters. The quantitative estimate of drug-likeness (QED) is 0.579. The molecule has 29 heavy (non-hydrogen) atoms. The number of H-pyrrole nitrogens is 1. The molecular weight excluding hydrogens is 358 g/mol. The van der Waals surface area contributed by atoms with Crippen LogP contribution in [0.1, 0.15) is 32.6 Å². The van der Waals surface area contributed by atoms with Gasteiger partial charge in [0.1, 0.15) is 5.75 Å². The van der Waals surface area contributed by atoms with Crippen molar-refractivity contribution in [2.75, 3.05) is 26.7 Å². The highest BCUT2D eigenvalue weighted by atomic mass is 16.5. The van der Waals surface area contributed by atoms with Gasteiger partial charge in [0.25, 0.3) is 0 Å². The summed E-state index contributed by atoms with van der Waals surface area (Å²) in [5.41, 5.74) is 3.52. The van der Waals surface area contributed by atoms with E-state index in [0.717, 1.165) is 30.7 Å². The highest BCUT2D eigenvalue weighted by Crippen LogP contribution is 2.48. The van der Waals surface area contributed by atoms with E-state index in [9.17, 15) is 0 Å². The van der Waals surface area contributed by atoms with Crippen LogP contribution in [0.2, 0.25) is 0 Å². The van der Waals surface area contributed by atoms with E-state index >= 15 is 0 Å². The Morgan fingerprint density at radius 3 is 2.72 bits per heavy atom. The molecule has 0 aliphatic carbocycles. The van der Waals surface area contributed by atoms with Crippen molar-refractivity contribution in [1.82, 2.24) is 15.2 Å². The van der Waals surface area contributed by atoms with Gasteiger partial charge in [-0.2, -0.15) is 0 Å². The van der Waals surface area contributed by atoms with Crippen molar-refractivity contribution in [2.45, 2.75) is 38.2 Å². The number of nitrogens with zero attached hydrogens (tertiary/aromatic N) is 1. The average Bonchev–Trinajstić information content (AvgIpc) is 3.12. The van der Waals surface area contributed by atoms with Gasteiger partial charge in [0, 0.05) is 41.4 Å². The number of hydrogen-bond acceptors (Lipinski definition) is 3. The second-order valence-electron chi connectivity index (χ2n) is 8.51. The molecule has 3 saturated heterocycles. The number of para-hydroxylation sites is 1. The first-order valence-electron chi connectivity index (χ1n) is 11.0. The van der Waals surface area contributed by atoms with Crippen molar-refractivity contribution in [3.63, 3.8) is 0 Å². The minimum absolute atomic E-state index is 0.207. The van der Waals surface area contributed by atoms with Gasteiger partial charge in [0.15, 0.2) is 5.60 Å². The van der Waals surface area contributed by atoms with E-state index in [0.29, 0.717) is 5.92 Å². The summed E-state index contributed by atoms with van der Waals surface area (Å²) >= 11 is 0. The molecule has 1 atom stereocenters. The topological polar surface area (TPSA) is 40.3 Å². The van der Waals surface area contributed by atoms with Gasteiger partial charge in [-0.15, -0.1) is 0 Å². The molecule has 4 heterocycles. The zero-order chi connectivity index (χ0) is 19.8. The maximum Gasteiger partial charge on any atom is 0.151 e. The van der Waals surface area contributed by atoms with Crippen LogP contribution in [0.15, 0.2) is 54.2 Å². The van der Waals surface area contributed by atoms with Crippen LogP contribution >= 0.6 is 0 Å². The van der Waals surface area contributed by atoms with E-state index in [2.05, 4.69) is 70.7 Å². The van der Waals surface area contributed by atoms with Gasteiger partial charge < -0.3 is 19.9 Å². The van der Waals surface area contributed by atoms with Crippen molar-refractivity contribution in [3.8, 4) is 5.75 Å². The lowest BCUT2D eigenvalue weighted by atomic mass is 9.70. The van der Waals surface area contributed by atoms with Crippen LogP contribution in [0.25, 0.3) is 21.8 Å². The van der Waals surface area contributed by atoms with Crippen molar-refractivity contribution in [1.29, 1.82) is 0 Å². The molecule has 2 aromatic carbocycles. The van der Waals surface area contributed by atoms with E-state index in [-0.39, 0.29) is 5.60 Å². The molecule has 4 heteroatoms. The summed E-state index contributed by atoms with van der Waals surface area (Å²) in [6.45, 7) is 5.54. The molecule has 0 radical (unpaired) electrons. The first-order chi connectivity index (χ1) is 14.2. The molecule has 3 fully saturated rings. The number of aromatic nitrogens is 1. The molecule has 2 bridgehead atoms. The molecule has 6 rings (SSSR count). The largest absolute Gasteiger partial charge is 0.481 e. The van der Waals surface area contributed by atoms with E-state index in [1.165, 1.54) is 47.9 Å². The Labute approximate surface area is 172 Å². The number of nitrogens with one attached hydrogen (secondary N) is 2. The smallest absolute Gasteiger partial charge is 0.151 e. The third-order valence-corrected chi connectivity index (χ3v) is 6.95. The Balaban J connectivity index is 1.54. The van der Waals surface area contributed by atoms with Crippen LogP contribution in [0.4, 0.5) is 0 Å². The molecule has 1 aromatic heterocycles. The molecule has 0 amide bonds. The first-order valence-corrected chi connectivity index (χ1v) is 11.0. The lowest BCUT2D eigenvalue weighted by Crippen LogP contribution is -2.60. The summed E-state index contributed by atoms with van der Waals surface area (Å²) in [5, 5.41) is 5.85. The fourth-order valence-electron chi connectivity index (χ4n) is 5.64. The summed E-state index contributed by atoms with van der Waals surface area (Å²) in [7, 11) is 2.03. The zero-order valence-electron chi connectivity index (χ0n) is 17.5. The number of piperidine rings is 3. The Morgan fingerprint density at radius 2 is 1.93 bits per heavy atom. The number of fused-ring (bicyclic) bond motifs is 6. The normalized spacial score (nSPS) is 25.4. The van der Waals surface area contributed by atoms with E-state index in [1.807, 2.05) is 7.05 Å². The Kier molecular flexibility index (Phi) is 4.75. The number of allylic oxidation sites excluding steroid dienone is 1. The molecular formula is C25H31N3O. The predicted molar refractivity (Wildman–Crippen MR) is 120 cm³/mol. The summed E-state index contributed by atoms with van der Waals surface area (Å²) in [6.07, 6.45) is 6.93. The van der Waals surface area contributed by atoms with Gasteiger partial charge in [-0.3, -0.25) is 0 Å². The van der Waals surface area contributed by atoms with Crippen LogP contribution in [-0.4, -0.2) is 42.2 Å². The highest BCUT2D eigenvalue weighted by molar-refractivity contribution is 6.07. The number of benzene rings is 2. The van der Waals surface area contributed by atoms with E-state index in [4.69, 9.17) is 4.74 Å². The van der Waals surface area contributed by atoms with Gasteiger partial charge in [0.05, 0.1) is 11.2 Å². The number of aromatic amines is 1. The molecule has 0 spiro atoms. The maximum absolute atomic E-state index is 6.97. The molecule has 2 N–H and O–H groups in total. The fraction of sp³-hybridized carbons (Fsp3) is 0.440. The molecule has 152 valence electrons. The fourth-order valence-corrected chi connectivity index (χ4v) is 5.64. The second kappa shape index (κ2) is 7.42. The lowest BCUT2D eigenvalue weighted by Gasteiger charge is -2.55. The minimum atomic E-state index is -0.207. The molecule has 3 aliphatic heterocycles. The predicted octanol–water partition coefficient (Wildman–Crippen LogP) is 5.07. The Bertz CT molecular complexity index is 1040. The van der Waals surface area contributed by atoms with Crippen LogP contribution < -0.4 is 10.1 Å². The van der Waals surface area contributed by atoms with Crippen molar-refractivity contribution in [2.24, 2.45) is 5.92 Å². The number of rotatable bonds is 6. The number of ether oxygens (including phenoxy) is 1. The van der Waals surface area contributed by atoms with Gasteiger partial charge >= 0.3 is 0 Å². The molecule has 3 aliphatic rings. The first kappa shape index (κ1) is 18.6. The summed E-state index contributed by atoms with van der Waals surface area (Å²) in [6, 6.07) is 15.1. The third-order valence-electron chi connectivity index (χ3n) is 6.95. The zero-order valence-corrected chi connectivity index (χ0v) is 17.5. The maximum atomic E-state index is 6.97. The molecule has 3 aromatic rings. The van der Waals surface area contributed by atoms with E-state index < -0.39 is 0 Å². The van der Waals surface area contributed by atoms with Gasteiger partial charge in [-0.05, 0) is 64.4 Å². The van der Waals surface area contributed by atoms with Crippen molar-refractivity contribution >= 4 is 21.8 Å². The van der Waals surface area contributed by atoms with Gasteiger partial charge in [0.2, 0.25) is 0 Å². The Morgan fingerprint density at radius 1 is 1.14 bits per heavy atom. The van der Waals surface area contributed by atoms with Crippen LogP contribution in [0, 0.1) is 5.92 Å². The third kappa shape index (κ3) is 3.01. The van der Waals surface area contributed by atoms with Crippen molar-refractivity contribution in [3.05, 3.63) is 54.2 Å². The summed E-state index contributed by atoms with van der Waals surface area (Å²) in [4.78, 5) is 6.12. The monoisotopic (exact) mass is 389 g/mol. The molecule has 4 nitrogen and oxygen atoms in total.